The van der Waals surface area contributed by atoms with Crippen LogP contribution in [0.15, 0.2) is 47.3 Å². The van der Waals surface area contributed by atoms with E-state index < -0.39 is 0 Å². The van der Waals surface area contributed by atoms with Crippen molar-refractivity contribution < 1.29 is 4.79 Å². The molecule has 116 valence electrons. The summed E-state index contributed by atoms with van der Waals surface area (Å²) in [4.78, 5) is 23.3. The van der Waals surface area contributed by atoms with Gasteiger partial charge in [-0.05, 0) is 19.9 Å². The smallest absolute Gasteiger partial charge is 0.315 e. The van der Waals surface area contributed by atoms with Crippen LogP contribution in [0.3, 0.4) is 0 Å². The Labute approximate surface area is 129 Å². The lowest BCUT2D eigenvalue weighted by molar-refractivity contribution is 0.238. The fraction of sp³-hybridized carbons (Fsp3) is 0.312. The van der Waals surface area contributed by atoms with Gasteiger partial charge in [-0.15, -0.1) is 0 Å². The lowest BCUT2D eigenvalue weighted by Gasteiger charge is -2.11. The summed E-state index contributed by atoms with van der Waals surface area (Å²) >= 11 is 0. The molecule has 0 aliphatic rings. The van der Waals surface area contributed by atoms with Crippen molar-refractivity contribution in [1.82, 2.24) is 20.4 Å². The average molecular weight is 300 g/mol. The van der Waals surface area contributed by atoms with Crippen molar-refractivity contribution in [1.29, 1.82) is 0 Å². The van der Waals surface area contributed by atoms with E-state index in [0.717, 1.165) is 11.3 Å². The van der Waals surface area contributed by atoms with Crippen molar-refractivity contribution in [2.45, 2.75) is 26.4 Å². The zero-order valence-electron chi connectivity index (χ0n) is 12.7. The monoisotopic (exact) mass is 300 g/mol. The minimum absolute atomic E-state index is 0.0715. The van der Waals surface area contributed by atoms with E-state index in [4.69, 9.17) is 0 Å². The lowest BCUT2D eigenvalue weighted by atomic mass is 10.1. The maximum Gasteiger partial charge on any atom is 0.315 e. The number of nitrogens with one attached hydrogen (secondary N) is 2. The highest BCUT2D eigenvalue weighted by molar-refractivity contribution is 5.74. The minimum atomic E-state index is -0.248. The van der Waals surface area contributed by atoms with E-state index in [1.165, 1.54) is 10.7 Å². The zero-order valence-corrected chi connectivity index (χ0v) is 12.7. The number of hydrogen-bond donors (Lipinski definition) is 2. The molecule has 1 heterocycles. The van der Waals surface area contributed by atoms with Crippen molar-refractivity contribution in [3.63, 3.8) is 0 Å². The molecule has 0 bridgehead atoms. The van der Waals surface area contributed by atoms with Gasteiger partial charge >= 0.3 is 6.03 Å². The van der Waals surface area contributed by atoms with Crippen molar-refractivity contribution in [3.8, 4) is 11.3 Å². The number of benzene rings is 1. The Bertz CT molecular complexity index is 680. The van der Waals surface area contributed by atoms with Gasteiger partial charge in [-0.2, -0.15) is 5.10 Å². The minimum Gasteiger partial charge on any atom is -0.336 e. The third kappa shape index (κ3) is 4.44. The highest BCUT2D eigenvalue weighted by atomic mass is 16.2. The second-order valence-corrected chi connectivity index (χ2v) is 5.20. The van der Waals surface area contributed by atoms with Gasteiger partial charge in [0.1, 0.15) is 0 Å². The number of nitrogens with zero attached hydrogens (tertiary/aromatic N) is 2. The molecule has 0 aliphatic heterocycles. The number of rotatable bonds is 5. The molecular formula is C16H20N4O2. The summed E-state index contributed by atoms with van der Waals surface area (Å²) in [6, 6.07) is 12.7. The maximum absolute atomic E-state index is 11.8. The molecule has 2 aromatic rings. The molecule has 1 aromatic heterocycles. The highest BCUT2D eigenvalue weighted by Crippen LogP contribution is 2.13. The van der Waals surface area contributed by atoms with E-state index in [-0.39, 0.29) is 17.6 Å². The molecular weight excluding hydrogens is 280 g/mol. The van der Waals surface area contributed by atoms with Crippen LogP contribution in [0.1, 0.15) is 13.8 Å². The van der Waals surface area contributed by atoms with Gasteiger partial charge in [-0.25, -0.2) is 9.48 Å². The fourth-order valence-electron chi connectivity index (χ4n) is 1.96. The highest BCUT2D eigenvalue weighted by Gasteiger charge is 2.05. The summed E-state index contributed by atoms with van der Waals surface area (Å²) in [5, 5.41) is 9.75. The van der Waals surface area contributed by atoms with E-state index in [2.05, 4.69) is 15.7 Å². The summed E-state index contributed by atoms with van der Waals surface area (Å²) < 4.78 is 1.36. The van der Waals surface area contributed by atoms with Gasteiger partial charge in [0, 0.05) is 24.2 Å². The molecule has 1 aromatic carbocycles. The molecule has 6 heteroatoms. The van der Waals surface area contributed by atoms with Gasteiger partial charge in [-0.3, -0.25) is 4.79 Å². The molecule has 0 saturated carbocycles. The summed E-state index contributed by atoms with van der Waals surface area (Å²) in [6.07, 6.45) is 0. The molecule has 0 radical (unpaired) electrons. The van der Waals surface area contributed by atoms with Gasteiger partial charge in [0.05, 0.1) is 12.2 Å². The van der Waals surface area contributed by atoms with Gasteiger partial charge in [0.2, 0.25) is 0 Å². The quantitative estimate of drug-likeness (QED) is 0.881. The molecule has 0 atom stereocenters. The van der Waals surface area contributed by atoms with Crippen molar-refractivity contribution >= 4 is 6.03 Å². The molecule has 0 saturated heterocycles. The number of aromatic nitrogens is 2. The van der Waals surface area contributed by atoms with Crippen LogP contribution in [-0.4, -0.2) is 28.4 Å². The van der Waals surface area contributed by atoms with E-state index in [0.29, 0.717) is 13.1 Å². The SMILES string of the molecule is CC(C)NC(=O)NCCn1nc(-c2ccccc2)ccc1=O. The van der Waals surface area contributed by atoms with E-state index in [1.54, 1.807) is 6.07 Å². The summed E-state index contributed by atoms with van der Waals surface area (Å²) in [6.45, 7) is 4.43. The number of carbonyl (C=O) groups excluding carboxylic acids is 1. The predicted octanol–water partition coefficient (Wildman–Crippen LogP) is 1.62. The van der Waals surface area contributed by atoms with E-state index >= 15 is 0 Å². The molecule has 0 fully saturated rings. The van der Waals surface area contributed by atoms with Crippen LogP contribution in [0.4, 0.5) is 4.79 Å². The largest absolute Gasteiger partial charge is 0.336 e. The maximum atomic E-state index is 11.8. The van der Waals surface area contributed by atoms with E-state index in [9.17, 15) is 9.59 Å². The summed E-state index contributed by atoms with van der Waals surface area (Å²) in [7, 11) is 0. The van der Waals surface area contributed by atoms with Crippen molar-refractivity contribution in [2.75, 3.05) is 6.54 Å². The number of urea groups is 1. The Morgan fingerprint density at radius 3 is 2.59 bits per heavy atom. The first-order chi connectivity index (χ1) is 10.6. The summed E-state index contributed by atoms with van der Waals surface area (Å²) in [5.41, 5.74) is 1.49. The molecule has 0 aliphatic carbocycles. The van der Waals surface area contributed by atoms with Crippen LogP contribution in [0.25, 0.3) is 11.3 Å². The normalized spacial score (nSPS) is 10.5. The number of hydrogen-bond acceptors (Lipinski definition) is 3. The first-order valence-corrected chi connectivity index (χ1v) is 7.24. The zero-order chi connectivity index (χ0) is 15.9. The first kappa shape index (κ1) is 15.8. The Balaban J connectivity index is 2.02. The van der Waals surface area contributed by atoms with Crippen LogP contribution in [0, 0.1) is 0 Å². The van der Waals surface area contributed by atoms with Crippen LogP contribution >= 0.6 is 0 Å². The molecule has 0 spiro atoms. The van der Waals surface area contributed by atoms with Gasteiger partial charge in [0.25, 0.3) is 5.56 Å². The van der Waals surface area contributed by atoms with Crippen molar-refractivity contribution in [2.24, 2.45) is 0 Å². The second kappa shape index (κ2) is 7.40. The first-order valence-electron chi connectivity index (χ1n) is 7.24. The Hall–Kier alpha value is -2.63. The lowest BCUT2D eigenvalue weighted by Crippen LogP contribution is -2.41. The van der Waals surface area contributed by atoms with Crippen LogP contribution in [0.5, 0.6) is 0 Å². The van der Waals surface area contributed by atoms with Crippen molar-refractivity contribution in [3.05, 3.63) is 52.8 Å². The van der Waals surface area contributed by atoms with Gasteiger partial charge < -0.3 is 10.6 Å². The molecule has 0 unspecified atom stereocenters. The molecule has 2 amide bonds. The number of amides is 2. The third-order valence-electron chi connectivity index (χ3n) is 2.97. The topological polar surface area (TPSA) is 76.0 Å². The van der Waals surface area contributed by atoms with Crippen LogP contribution < -0.4 is 16.2 Å². The molecule has 2 N–H and O–H groups in total. The average Bonchev–Trinajstić information content (AvgIpc) is 2.49. The van der Waals surface area contributed by atoms with Crippen LogP contribution in [-0.2, 0) is 6.54 Å². The Morgan fingerprint density at radius 1 is 1.18 bits per heavy atom. The Morgan fingerprint density at radius 2 is 1.91 bits per heavy atom. The second-order valence-electron chi connectivity index (χ2n) is 5.20. The van der Waals surface area contributed by atoms with Gasteiger partial charge in [-0.1, -0.05) is 30.3 Å². The summed E-state index contributed by atoms with van der Waals surface area (Å²) in [5.74, 6) is 0. The standard InChI is InChI=1S/C16H20N4O2/c1-12(2)18-16(22)17-10-11-20-15(21)9-8-14(19-20)13-6-4-3-5-7-13/h3-9,12H,10-11H2,1-2H3,(H2,17,18,22). The third-order valence-corrected chi connectivity index (χ3v) is 2.97. The van der Waals surface area contributed by atoms with E-state index in [1.807, 2.05) is 44.2 Å². The molecule has 22 heavy (non-hydrogen) atoms. The fourth-order valence-corrected chi connectivity index (χ4v) is 1.96. The Kier molecular flexibility index (Phi) is 5.30. The molecule has 6 nitrogen and oxygen atoms in total. The number of carbonyl (C=O) groups is 1. The predicted molar refractivity (Wildman–Crippen MR) is 85.6 cm³/mol. The van der Waals surface area contributed by atoms with Crippen LogP contribution in [0.2, 0.25) is 0 Å². The molecule has 2 rings (SSSR count). The van der Waals surface area contributed by atoms with Gasteiger partial charge in [0.15, 0.2) is 0 Å².